The Morgan fingerprint density at radius 3 is 1.79 bits per heavy atom. The summed E-state index contributed by atoms with van der Waals surface area (Å²) >= 11 is 0. The van der Waals surface area contributed by atoms with Crippen molar-refractivity contribution in [3.8, 4) is 0 Å². The van der Waals surface area contributed by atoms with E-state index in [4.69, 9.17) is 5.73 Å². The minimum atomic E-state index is -0.857. The standard InChI is InChI=1S/C29H53N3O2/c1-3-4-5-6-7-8-9-10-11-12-13-14-15-16-17-18-19-20-21-22-23-28-31-24-25-32(28,27(2)30)26-29(33)34/h21-22,24-25,27H,3-20,23,26,30H2,1-2H3/p+1/b22-21+. The number of allylic oxidation sites excluding steroid dienone is 1. The number of carboxylic acid groups (broad SMARTS) is 1. The van der Waals surface area contributed by atoms with Crippen molar-refractivity contribution >= 4 is 11.8 Å². The number of nitrogens with two attached hydrogens (primary N) is 1. The van der Waals surface area contributed by atoms with Gasteiger partial charge in [-0.15, -0.1) is 0 Å². The van der Waals surface area contributed by atoms with E-state index >= 15 is 0 Å². The van der Waals surface area contributed by atoms with Crippen LogP contribution >= 0.6 is 0 Å². The number of carboxylic acids is 1. The summed E-state index contributed by atoms with van der Waals surface area (Å²) in [5.41, 5.74) is 6.10. The zero-order valence-corrected chi connectivity index (χ0v) is 22.4. The number of aliphatic carboxylic acids is 1. The molecule has 3 N–H and O–H groups in total. The third kappa shape index (κ3) is 13.4. The molecule has 2 unspecified atom stereocenters. The molecule has 1 heterocycles. The molecular weight excluding hydrogens is 422 g/mol. The molecule has 1 aliphatic heterocycles. The van der Waals surface area contributed by atoms with Gasteiger partial charge >= 0.3 is 5.97 Å². The van der Waals surface area contributed by atoms with E-state index in [0.29, 0.717) is 6.42 Å². The van der Waals surface area contributed by atoms with E-state index < -0.39 is 5.97 Å². The van der Waals surface area contributed by atoms with Gasteiger partial charge in [0, 0.05) is 6.92 Å². The van der Waals surface area contributed by atoms with Crippen LogP contribution in [0.5, 0.6) is 0 Å². The average molecular weight is 477 g/mol. The summed E-state index contributed by atoms with van der Waals surface area (Å²) in [5.74, 6) is -0.0416. The Balaban J connectivity index is 1.93. The van der Waals surface area contributed by atoms with Gasteiger partial charge in [-0.05, 0) is 12.8 Å². The normalized spacial score (nSPS) is 18.6. The van der Waals surface area contributed by atoms with Crippen LogP contribution in [0.1, 0.15) is 136 Å². The minimum Gasteiger partial charge on any atom is -0.477 e. The Labute approximate surface area is 210 Å². The largest absolute Gasteiger partial charge is 0.477 e. The molecule has 0 bridgehead atoms. The first-order valence-corrected chi connectivity index (χ1v) is 14.3. The topological polar surface area (TPSA) is 75.7 Å². The third-order valence-corrected chi connectivity index (χ3v) is 7.10. The fourth-order valence-electron chi connectivity index (χ4n) is 4.83. The van der Waals surface area contributed by atoms with Crippen LogP contribution in [0, 0.1) is 0 Å². The summed E-state index contributed by atoms with van der Waals surface area (Å²) in [4.78, 5) is 15.7. The number of carbonyl (C=O) groups is 1. The highest BCUT2D eigenvalue weighted by molar-refractivity contribution is 5.82. The van der Waals surface area contributed by atoms with Crippen LogP contribution in [0.3, 0.4) is 0 Å². The van der Waals surface area contributed by atoms with E-state index in [1.54, 1.807) is 12.4 Å². The lowest BCUT2D eigenvalue weighted by molar-refractivity contribution is -0.805. The van der Waals surface area contributed by atoms with Crippen LogP contribution in [0.2, 0.25) is 0 Å². The predicted molar refractivity (Wildman–Crippen MR) is 146 cm³/mol. The first-order chi connectivity index (χ1) is 16.5. The maximum atomic E-state index is 11.3. The molecule has 0 aromatic rings. The van der Waals surface area contributed by atoms with Crippen molar-refractivity contribution in [3.63, 3.8) is 0 Å². The highest BCUT2D eigenvalue weighted by Crippen LogP contribution is 2.22. The van der Waals surface area contributed by atoms with Crippen molar-refractivity contribution < 1.29 is 14.4 Å². The molecule has 0 spiro atoms. The fourth-order valence-corrected chi connectivity index (χ4v) is 4.83. The molecule has 5 heteroatoms. The summed E-state index contributed by atoms with van der Waals surface area (Å²) in [5, 5.41) is 9.27. The van der Waals surface area contributed by atoms with Gasteiger partial charge in [0.2, 0.25) is 5.84 Å². The Hall–Kier alpha value is -1.46. The molecule has 1 rings (SSSR count). The van der Waals surface area contributed by atoms with Gasteiger partial charge < -0.3 is 5.11 Å². The molecule has 2 atom stereocenters. The van der Waals surface area contributed by atoms with E-state index in [9.17, 15) is 9.90 Å². The predicted octanol–water partition coefficient (Wildman–Crippen LogP) is 8.06. The van der Waals surface area contributed by atoms with Gasteiger partial charge in [-0.1, -0.05) is 122 Å². The fraction of sp³-hybridized carbons (Fsp3) is 0.793. The Morgan fingerprint density at radius 1 is 0.882 bits per heavy atom. The monoisotopic (exact) mass is 476 g/mol. The number of quaternary nitrogens is 1. The molecule has 0 aliphatic carbocycles. The second-order valence-corrected chi connectivity index (χ2v) is 10.2. The van der Waals surface area contributed by atoms with Crippen LogP contribution in [0.25, 0.3) is 0 Å². The van der Waals surface area contributed by atoms with Gasteiger partial charge in [0.25, 0.3) is 0 Å². The molecular formula is C29H54N3O2+. The van der Waals surface area contributed by atoms with Gasteiger partial charge in [0.1, 0.15) is 12.4 Å². The van der Waals surface area contributed by atoms with Gasteiger partial charge in [0.05, 0.1) is 12.6 Å². The number of nitrogens with zero attached hydrogens (tertiary/aromatic N) is 2. The Bertz CT molecular complexity index is 612. The summed E-state index contributed by atoms with van der Waals surface area (Å²) < 4.78 is 0.124. The Morgan fingerprint density at radius 2 is 1.35 bits per heavy atom. The number of hydrogen-bond donors (Lipinski definition) is 2. The van der Waals surface area contributed by atoms with Gasteiger partial charge in [0.15, 0.2) is 6.54 Å². The molecule has 196 valence electrons. The van der Waals surface area contributed by atoms with Crippen LogP contribution in [-0.4, -0.2) is 34.1 Å². The smallest absolute Gasteiger partial charge is 0.360 e. The van der Waals surface area contributed by atoms with Gasteiger partial charge in [-0.3, -0.25) is 5.73 Å². The lowest BCUT2D eigenvalue weighted by atomic mass is 10.0. The van der Waals surface area contributed by atoms with E-state index in [2.05, 4.69) is 24.1 Å². The third-order valence-electron chi connectivity index (χ3n) is 7.10. The molecule has 0 saturated carbocycles. The molecule has 0 aromatic heterocycles. The first-order valence-electron chi connectivity index (χ1n) is 14.3. The van der Waals surface area contributed by atoms with E-state index in [1.807, 2.05) is 6.92 Å². The molecule has 5 nitrogen and oxygen atoms in total. The lowest BCUT2D eigenvalue weighted by Gasteiger charge is -2.34. The highest BCUT2D eigenvalue weighted by atomic mass is 16.4. The van der Waals surface area contributed by atoms with E-state index in [-0.39, 0.29) is 17.2 Å². The minimum absolute atomic E-state index is 0.0555. The average Bonchev–Trinajstić information content (AvgIpc) is 3.20. The van der Waals surface area contributed by atoms with E-state index in [0.717, 1.165) is 12.3 Å². The lowest BCUT2D eigenvalue weighted by Crippen LogP contribution is -2.58. The second-order valence-electron chi connectivity index (χ2n) is 10.2. The number of hydrogen-bond acceptors (Lipinski definition) is 3. The van der Waals surface area contributed by atoms with E-state index in [1.165, 1.54) is 109 Å². The molecule has 0 saturated heterocycles. The summed E-state index contributed by atoms with van der Waals surface area (Å²) in [6.45, 7) is 4.07. The van der Waals surface area contributed by atoms with Crippen molar-refractivity contribution in [1.29, 1.82) is 0 Å². The zero-order valence-electron chi connectivity index (χ0n) is 22.4. The first kappa shape index (κ1) is 30.6. The number of unbranched alkanes of at least 4 members (excludes halogenated alkanes) is 17. The van der Waals surface area contributed by atoms with Crippen molar-refractivity contribution in [2.75, 3.05) is 6.54 Å². The van der Waals surface area contributed by atoms with Crippen molar-refractivity contribution in [2.45, 2.75) is 142 Å². The molecule has 34 heavy (non-hydrogen) atoms. The summed E-state index contributed by atoms with van der Waals surface area (Å²) in [6.07, 6.45) is 33.0. The number of rotatable bonds is 23. The molecule has 1 aliphatic rings. The quantitative estimate of drug-likeness (QED) is 0.0889. The molecule has 0 amide bonds. The van der Waals surface area contributed by atoms with Crippen LogP contribution in [-0.2, 0) is 4.79 Å². The molecule has 0 radical (unpaired) electrons. The maximum Gasteiger partial charge on any atom is 0.360 e. The van der Waals surface area contributed by atoms with Crippen LogP contribution in [0.4, 0.5) is 0 Å². The molecule has 0 aromatic carbocycles. The van der Waals surface area contributed by atoms with Crippen LogP contribution < -0.4 is 5.73 Å². The number of aliphatic imine (C=N–C) groups is 1. The van der Waals surface area contributed by atoms with Crippen molar-refractivity contribution in [1.82, 2.24) is 0 Å². The number of amidine groups is 1. The zero-order chi connectivity index (χ0) is 24.9. The Kier molecular flexibility index (Phi) is 17.8. The highest BCUT2D eigenvalue weighted by Gasteiger charge is 2.40. The van der Waals surface area contributed by atoms with Gasteiger partial charge in [-0.25, -0.2) is 14.3 Å². The second kappa shape index (κ2) is 19.8. The SMILES string of the molecule is CCCCCCCCCCCCCCCCCCC/C=C/CC1=NC=C[N+]1(CC(=O)O)C(C)N. The van der Waals surface area contributed by atoms with Crippen LogP contribution in [0.15, 0.2) is 29.5 Å². The summed E-state index contributed by atoms with van der Waals surface area (Å²) in [7, 11) is 0. The van der Waals surface area contributed by atoms with Crippen molar-refractivity contribution in [2.24, 2.45) is 10.7 Å². The summed E-state index contributed by atoms with van der Waals surface area (Å²) in [6, 6.07) is 0. The maximum absolute atomic E-state index is 11.3. The van der Waals surface area contributed by atoms with Crippen molar-refractivity contribution in [3.05, 3.63) is 24.6 Å². The van der Waals surface area contributed by atoms with Gasteiger partial charge in [-0.2, -0.15) is 0 Å². The molecule has 0 fully saturated rings.